The van der Waals surface area contributed by atoms with Crippen LogP contribution >= 0.6 is 0 Å². The van der Waals surface area contributed by atoms with Crippen LogP contribution in [0.1, 0.15) is 33.6 Å². The highest BCUT2D eigenvalue weighted by atomic mass is 16.2. The van der Waals surface area contributed by atoms with Crippen LogP contribution in [0, 0.1) is 22.2 Å². The maximum atomic E-state index is 11.8. The van der Waals surface area contributed by atoms with Gasteiger partial charge in [-0.1, -0.05) is 20.8 Å². The summed E-state index contributed by atoms with van der Waals surface area (Å²) in [6.07, 6.45) is 1.47. The molecule has 0 atom stereocenters. The molecule has 0 radical (unpaired) electrons. The van der Waals surface area contributed by atoms with E-state index in [1.807, 2.05) is 0 Å². The largest absolute Gasteiger partial charge is 0.344 e. The zero-order chi connectivity index (χ0) is 11.0. The first-order valence-corrected chi connectivity index (χ1v) is 4.98. The molecule has 0 bridgehead atoms. The van der Waals surface area contributed by atoms with E-state index >= 15 is 0 Å². The molecule has 0 spiro atoms. The van der Waals surface area contributed by atoms with Gasteiger partial charge in [-0.2, -0.15) is 5.26 Å². The maximum absolute atomic E-state index is 11.8. The lowest BCUT2D eigenvalue weighted by molar-refractivity contribution is -0.134. The number of hydrogen-bond acceptors (Lipinski definition) is 2. The lowest BCUT2D eigenvalue weighted by atomic mass is 9.95. The predicted octanol–water partition coefficient (Wildman–Crippen LogP) is 1.79. The molecule has 0 unspecified atom stereocenters. The van der Waals surface area contributed by atoms with E-state index in [9.17, 15) is 4.79 Å². The first-order valence-electron chi connectivity index (χ1n) is 4.98. The minimum atomic E-state index is -0.667. The van der Waals surface area contributed by atoms with Gasteiger partial charge in [0, 0.05) is 13.6 Å². The SMILES string of the molecule is CN(CC(C)(C)C)C(=O)C1(C#N)CC1. The number of nitriles is 1. The van der Waals surface area contributed by atoms with Crippen LogP contribution in [0.2, 0.25) is 0 Å². The van der Waals surface area contributed by atoms with Crippen molar-refractivity contribution in [1.82, 2.24) is 4.90 Å². The van der Waals surface area contributed by atoms with Crippen LogP contribution in [0.4, 0.5) is 0 Å². The van der Waals surface area contributed by atoms with Gasteiger partial charge < -0.3 is 4.90 Å². The molecular formula is C11H18N2O. The molecule has 3 nitrogen and oxygen atoms in total. The summed E-state index contributed by atoms with van der Waals surface area (Å²) >= 11 is 0. The first kappa shape index (κ1) is 11.0. The normalized spacial score (nSPS) is 18.5. The van der Waals surface area contributed by atoms with Crippen LogP contribution in [0.15, 0.2) is 0 Å². The van der Waals surface area contributed by atoms with Gasteiger partial charge in [0.1, 0.15) is 5.41 Å². The van der Waals surface area contributed by atoms with Gasteiger partial charge in [-0.05, 0) is 18.3 Å². The Hall–Kier alpha value is -1.04. The molecular weight excluding hydrogens is 176 g/mol. The van der Waals surface area contributed by atoms with Crippen molar-refractivity contribution in [2.45, 2.75) is 33.6 Å². The second kappa shape index (κ2) is 3.27. The topological polar surface area (TPSA) is 44.1 Å². The predicted molar refractivity (Wildman–Crippen MR) is 54.4 cm³/mol. The van der Waals surface area contributed by atoms with Crippen molar-refractivity contribution < 1.29 is 4.79 Å². The Kier molecular flexibility index (Phi) is 2.58. The number of carbonyl (C=O) groups excluding carboxylic acids is 1. The number of amides is 1. The summed E-state index contributed by atoms with van der Waals surface area (Å²) in [5.74, 6) is -0.00470. The highest BCUT2D eigenvalue weighted by Crippen LogP contribution is 2.46. The van der Waals surface area contributed by atoms with Crippen molar-refractivity contribution in [3.8, 4) is 6.07 Å². The molecule has 1 amide bonds. The van der Waals surface area contributed by atoms with Crippen molar-refractivity contribution >= 4 is 5.91 Å². The number of rotatable bonds is 2. The average molecular weight is 194 g/mol. The molecule has 3 heteroatoms. The van der Waals surface area contributed by atoms with E-state index in [0.29, 0.717) is 6.54 Å². The summed E-state index contributed by atoms with van der Waals surface area (Å²) in [4.78, 5) is 13.5. The second-order valence-corrected chi connectivity index (χ2v) is 5.42. The van der Waals surface area contributed by atoms with E-state index in [1.54, 1.807) is 11.9 Å². The van der Waals surface area contributed by atoms with Crippen LogP contribution in [0.3, 0.4) is 0 Å². The van der Waals surface area contributed by atoms with E-state index in [0.717, 1.165) is 12.8 Å². The standard InChI is InChI=1S/C11H18N2O/c1-10(2,3)8-13(4)9(14)11(7-12)5-6-11/h5-6,8H2,1-4H3. The Morgan fingerprint density at radius 2 is 2.00 bits per heavy atom. The zero-order valence-electron chi connectivity index (χ0n) is 9.42. The average Bonchev–Trinajstić information content (AvgIpc) is 2.80. The minimum absolute atomic E-state index is 0.00470. The van der Waals surface area contributed by atoms with E-state index < -0.39 is 5.41 Å². The Bertz CT molecular complexity index is 279. The third kappa shape index (κ3) is 2.25. The van der Waals surface area contributed by atoms with Gasteiger partial charge in [0.2, 0.25) is 5.91 Å². The summed E-state index contributed by atoms with van der Waals surface area (Å²) in [6, 6.07) is 2.13. The number of nitrogens with zero attached hydrogens (tertiary/aromatic N) is 2. The van der Waals surface area contributed by atoms with Crippen molar-refractivity contribution in [1.29, 1.82) is 5.26 Å². The molecule has 14 heavy (non-hydrogen) atoms. The van der Waals surface area contributed by atoms with Gasteiger partial charge >= 0.3 is 0 Å². The lowest BCUT2D eigenvalue weighted by Crippen LogP contribution is -2.38. The summed E-state index contributed by atoms with van der Waals surface area (Å²) in [6.45, 7) is 6.96. The molecule has 1 fully saturated rings. The molecule has 0 aromatic rings. The highest BCUT2D eigenvalue weighted by molar-refractivity contribution is 5.88. The van der Waals surface area contributed by atoms with E-state index in [2.05, 4.69) is 26.8 Å². The number of hydrogen-bond donors (Lipinski definition) is 0. The van der Waals surface area contributed by atoms with Crippen molar-refractivity contribution in [3.05, 3.63) is 0 Å². The van der Waals surface area contributed by atoms with E-state index in [-0.39, 0.29) is 11.3 Å². The van der Waals surface area contributed by atoms with Crippen LogP contribution in [0.5, 0.6) is 0 Å². The van der Waals surface area contributed by atoms with E-state index in [1.165, 1.54) is 0 Å². The van der Waals surface area contributed by atoms with Crippen LogP contribution in [-0.2, 0) is 4.79 Å². The molecule has 1 aliphatic carbocycles. The molecule has 0 heterocycles. The molecule has 1 rings (SSSR count). The Balaban J connectivity index is 2.59. The van der Waals surface area contributed by atoms with Crippen molar-refractivity contribution in [2.75, 3.05) is 13.6 Å². The van der Waals surface area contributed by atoms with Crippen LogP contribution in [0.25, 0.3) is 0 Å². The molecule has 1 aliphatic rings. The molecule has 0 saturated heterocycles. The zero-order valence-corrected chi connectivity index (χ0v) is 9.42. The van der Waals surface area contributed by atoms with E-state index in [4.69, 9.17) is 5.26 Å². The highest BCUT2D eigenvalue weighted by Gasteiger charge is 2.52. The Morgan fingerprint density at radius 3 is 2.29 bits per heavy atom. The van der Waals surface area contributed by atoms with Gasteiger partial charge in [0.25, 0.3) is 0 Å². The Morgan fingerprint density at radius 1 is 1.50 bits per heavy atom. The van der Waals surface area contributed by atoms with Gasteiger partial charge in [-0.25, -0.2) is 0 Å². The summed E-state index contributed by atoms with van der Waals surface area (Å²) < 4.78 is 0. The van der Waals surface area contributed by atoms with Crippen molar-refractivity contribution in [3.63, 3.8) is 0 Å². The van der Waals surface area contributed by atoms with Crippen molar-refractivity contribution in [2.24, 2.45) is 10.8 Å². The maximum Gasteiger partial charge on any atom is 0.242 e. The number of carbonyl (C=O) groups is 1. The quantitative estimate of drug-likeness (QED) is 0.672. The third-order valence-corrected chi connectivity index (χ3v) is 2.43. The summed E-state index contributed by atoms with van der Waals surface area (Å²) in [5.41, 5.74) is -0.573. The molecule has 0 aromatic carbocycles. The fourth-order valence-corrected chi connectivity index (χ4v) is 1.65. The summed E-state index contributed by atoms with van der Waals surface area (Å²) in [7, 11) is 1.78. The summed E-state index contributed by atoms with van der Waals surface area (Å²) in [5, 5.41) is 8.88. The van der Waals surface area contributed by atoms with Gasteiger partial charge in [0.15, 0.2) is 0 Å². The Labute approximate surface area is 85.7 Å². The van der Waals surface area contributed by atoms with Gasteiger partial charge in [-0.15, -0.1) is 0 Å². The lowest BCUT2D eigenvalue weighted by Gasteiger charge is -2.27. The second-order valence-electron chi connectivity index (χ2n) is 5.42. The fourth-order valence-electron chi connectivity index (χ4n) is 1.65. The van der Waals surface area contributed by atoms with Crippen LogP contribution < -0.4 is 0 Å². The minimum Gasteiger partial charge on any atom is -0.344 e. The third-order valence-electron chi connectivity index (χ3n) is 2.43. The molecule has 0 N–H and O–H groups in total. The fraction of sp³-hybridized carbons (Fsp3) is 0.818. The monoisotopic (exact) mass is 194 g/mol. The first-order chi connectivity index (χ1) is 6.31. The molecule has 78 valence electrons. The molecule has 1 saturated carbocycles. The van der Waals surface area contributed by atoms with Gasteiger partial charge in [-0.3, -0.25) is 4.79 Å². The van der Waals surface area contributed by atoms with Gasteiger partial charge in [0.05, 0.1) is 6.07 Å². The smallest absolute Gasteiger partial charge is 0.242 e. The van der Waals surface area contributed by atoms with Crippen LogP contribution in [-0.4, -0.2) is 24.4 Å². The molecule has 0 aliphatic heterocycles. The molecule has 0 aromatic heterocycles.